The van der Waals surface area contributed by atoms with Crippen molar-refractivity contribution in [2.75, 3.05) is 16.8 Å². The predicted molar refractivity (Wildman–Crippen MR) is 67.8 cm³/mol. The molecular weight excluding hydrogens is 238 g/mol. The molecule has 0 amide bonds. The first-order valence-corrected chi connectivity index (χ1v) is 7.91. The molecule has 1 fully saturated rings. The zero-order chi connectivity index (χ0) is 12.3. The average molecular weight is 257 g/mol. The van der Waals surface area contributed by atoms with E-state index in [0.29, 0.717) is 5.75 Å². The lowest BCUT2D eigenvalue weighted by molar-refractivity contribution is 0.558. The summed E-state index contributed by atoms with van der Waals surface area (Å²) in [6.07, 6.45) is 6.35. The highest BCUT2D eigenvalue weighted by atomic mass is 32.2. The summed E-state index contributed by atoms with van der Waals surface area (Å²) in [4.78, 5) is 4.23. The maximum atomic E-state index is 11.5. The lowest BCUT2D eigenvalue weighted by Crippen LogP contribution is -2.35. The Morgan fingerprint density at radius 2 is 2.41 bits per heavy atom. The molecule has 1 aromatic heterocycles. The van der Waals surface area contributed by atoms with Gasteiger partial charge >= 0.3 is 0 Å². The molecule has 17 heavy (non-hydrogen) atoms. The number of sulfone groups is 1. The highest BCUT2D eigenvalue weighted by Gasteiger charge is 2.25. The van der Waals surface area contributed by atoms with Crippen LogP contribution >= 0.6 is 0 Å². The van der Waals surface area contributed by atoms with E-state index in [0.717, 1.165) is 31.8 Å². The summed E-state index contributed by atoms with van der Waals surface area (Å²) < 4.78 is 25.1. The van der Waals surface area contributed by atoms with Gasteiger partial charge in [-0.1, -0.05) is 6.92 Å². The molecule has 1 aromatic rings. The number of nitrogens with zero attached hydrogens (tertiary/aromatic N) is 2. The van der Waals surface area contributed by atoms with Crippen LogP contribution in [0.5, 0.6) is 0 Å². The SMILES string of the molecule is CCCn1ccnc1NC1CCCS(=O)(=O)C1. The van der Waals surface area contributed by atoms with Crippen molar-refractivity contribution in [3.05, 3.63) is 12.4 Å². The summed E-state index contributed by atoms with van der Waals surface area (Å²) in [7, 11) is -2.86. The standard InChI is InChI=1S/C11H19N3O2S/c1-2-6-14-7-5-12-11(14)13-10-4-3-8-17(15,16)9-10/h5,7,10H,2-4,6,8-9H2,1H3,(H,12,13). The van der Waals surface area contributed by atoms with Gasteiger partial charge in [-0.05, 0) is 19.3 Å². The maximum absolute atomic E-state index is 11.5. The van der Waals surface area contributed by atoms with Crippen LogP contribution in [0.15, 0.2) is 12.4 Å². The average Bonchev–Trinajstić information content (AvgIpc) is 2.65. The number of nitrogens with one attached hydrogen (secondary N) is 1. The van der Waals surface area contributed by atoms with Crippen LogP contribution in [0.2, 0.25) is 0 Å². The molecule has 0 bridgehead atoms. The van der Waals surface area contributed by atoms with Crippen molar-refractivity contribution in [3.8, 4) is 0 Å². The number of hydrogen-bond donors (Lipinski definition) is 1. The minimum Gasteiger partial charge on any atom is -0.352 e. The minimum atomic E-state index is -2.86. The smallest absolute Gasteiger partial charge is 0.203 e. The van der Waals surface area contributed by atoms with Crippen molar-refractivity contribution in [1.82, 2.24) is 9.55 Å². The lowest BCUT2D eigenvalue weighted by atomic mass is 10.2. The van der Waals surface area contributed by atoms with Crippen molar-refractivity contribution in [1.29, 1.82) is 0 Å². The first kappa shape index (κ1) is 12.4. The Morgan fingerprint density at radius 3 is 3.12 bits per heavy atom. The third kappa shape index (κ3) is 3.21. The Kier molecular flexibility index (Phi) is 3.71. The summed E-state index contributed by atoms with van der Waals surface area (Å²) >= 11 is 0. The number of imidazole rings is 1. The van der Waals surface area contributed by atoms with E-state index in [4.69, 9.17) is 0 Å². The molecule has 2 heterocycles. The van der Waals surface area contributed by atoms with Gasteiger partial charge in [0.25, 0.3) is 0 Å². The fourth-order valence-corrected chi connectivity index (χ4v) is 3.83. The fourth-order valence-electron chi connectivity index (χ4n) is 2.19. The third-order valence-electron chi connectivity index (χ3n) is 2.98. The molecule has 0 spiro atoms. The second-order valence-electron chi connectivity index (χ2n) is 4.54. The molecular formula is C11H19N3O2S. The van der Waals surface area contributed by atoms with Gasteiger partial charge in [0.15, 0.2) is 9.84 Å². The Balaban J connectivity index is 2.02. The Hall–Kier alpha value is -1.04. The van der Waals surface area contributed by atoms with E-state index in [1.807, 2.05) is 10.8 Å². The Bertz CT molecular complexity index is 467. The molecule has 0 saturated carbocycles. The lowest BCUT2D eigenvalue weighted by Gasteiger charge is -2.23. The zero-order valence-electron chi connectivity index (χ0n) is 10.1. The Labute approximate surface area is 102 Å². The van der Waals surface area contributed by atoms with Crippen molar-refractivity contribution in [3.63, 3.8) is 0 Å². The first-order valence-electron chi connectivity index (χ1n) is 6.09. The molecule has 6 heteroatoms. The molecule has 1 aliphatic rings. The van der Waals surface area contributed by atoms with E-state index in [2.05, 4.69) is 17.2 Å². The van der Waals surface area contributed by atoms with Crippen molar-refractivity contribution in [2.24, 2.45) is 0 Å². The van der Waals surface area contributed by atoms with Crippen LogP contribution in [-0.2, 0) is 16.4 Å². The highest BCUT2D eigenvalue weighted by Crippen LogP contribution is 2.16. The first-order chi connectivity index (χ1) is 8.11. The van der Waals surface area contributed by atoms with Gasteiger partial charge < -0.3 is 9.88 Å². The van der Waals surface area contributed by atoms with Gasteiger partial charge in [-0.25, -0.2) is 13.4 Å². The molecule has 1 N–H and O–H groups in total. The van der Waals surface area contributed by atoms with Crippen LogP contribution in [0.25, 0.3) is 0 Å². The normalized spacial score (nSPS) is 23.5. The van der Waals surface area contributed by atoms with Crippen LogP contribution in [-0.4, -0.2) is 35.5 Å². The second-order valence-corrected chi connectivity index (χ2v) is 6.77. The summed E-state index contributed by atoms with van der Waals surface area (Å²) in [5.41, 5.74) is 0. The summed E-state index contributed by atoms with van der Waals surface area (Å²) in [5, 5.41) is 3.24. The second kappa shape index (κ2) is 5.08. The Morgan fingerprint density at radius 1 is 1.59 bits per heavy atom. The molecule has 1 atom stereocenters. The highest BCUT2D eigenvalue weighted by molar-refractivity contribution is 7.91. The van der Waals surface area contributed by atoms with Gasteiger partial charge in [0.1, 0.15) is 0 Å². The molecule has 0 radical (unpaired) electrons. The van der Waals surface area contributed by atoms with Crippen molar-refractivity contribution < 1.29 is 8.42 Å². The summed E-state index contributed by atoms with van der Waals surface area (Å²) in [5.74, 6) is 1.34. The molecule has 2 rings (SSSR count). The van der Waals surface area contributed by atoms with Crippen LogP contribution in [0, 0.1) is 0 Å². The van der Waals surface area contributed by atoms with Gasteiger partial charge in [0, 0.05) is 25.0 Å². The third-order valence-corrected chi connectivity index (χ3v) is 4.80. The van der Waals surface area contributed by atoms with Crippen LogP contribution in [0.3, 0.4) is 0 Å². The van der Waals surface area contributed by atoms with E-state index in [1.54, 1.807) is 6.20 Å². The van der Waals surface area contributed by atoms with E-state index in [9.17, 15) is 8.42 Å². The van der Waals surface area contributed by atoms with Crippen LogP contribution in [0.4, 0.5) is 5.95 Å². The molecule has 1 unspecified atom stereocenters. The number of aromatic nitrogens is 2. The fraction of sp³-hybridized carbons (Fsp3) is 0.727. The minimum absolute atomic E-state index is 0.00626. The van der Waals surface area contributed by atoms with Crippen molar-refractivity contribution >= 4 is 15.8 Å². The van der Waals surface area contributed by atoms with Gasteiger partial charge in [0.2, 0.25) is 5.95 Å². The topological polar surface area (TPSA) is 64.0 Å². The number of rotatable bonds is 4. The molecule has 0 aromatic carbocycles. The van der Waals surface area contributed by atoms with Gasteiger partial charge in [-0.15, -0.1) is 0 Å². The molecule has 0 aliphatic carbocycles. The molecule has 1 aliphatic heterocycles. The van der Waals surface area contributed by atoms with E-state index in [-0.39, 0.29) is 11.8 Å². The zero-order valence-corrected chi connectivity index (χ0v) is 10.9. The number of aryl methyl sites for hydroxylation is 1. The molecule has 5 nitrogen and oxygen atoms in total. The summed E-state index contributed by atoms with van der Waals surface area (Å²) in [6, 6.07) is 0.00626. The van der Waals surface area contributed by atoms with Crippen LogP contribution < -0.4 is 5.32 Å². The van der Waals surface area contributed by atoms with E-state index < -0.39 is 9.84 Å². The van der Waals surface area contributed by atoms with Gasteiger partial charge in [-0.2, -0.15) is 0 Å². The van der Waals surface area contributed by atoms with Gasteiger partial charge in [-0.3, -0.25) is 0 Å². The quantitative estimate of drug-likeness (QED) is 0.882. The molecule has 96 valence electrons. The van der Waals surface area contributed by atoms with Crippen molar-refractivity contribution in [2.45, 2.75) is 38.8 Å². The summed E-state index contributed by atoms with van der Waals surface area (Å²) in [6.45, 7) is 3.01. The van der Waals surface area contributed by atoms with Gasteiger partial charge in [0.05, 0.1) is 11.5 Å². The predicted octanol–water partition coefficient (Wildman–Crippen LogP) is 1.28. The number of hydrogen-bond acceptors (Lipinski definition) is 4. The largest absolute Gasteiger partial charge is 0.352 e. The monoisotopic (exact) mass is 257 g/mol. The maximum Gasteiger partial charge on any atom is 0.203 e. The van der Waals surface area contributed by atoms with Crippen LogP contribution in [0.1, 0.15) is 26.2 Å². The number of anilines is 1. The van der Waals surface area contributed by atoms with E-state index in [1.165, 1.54) is 0 Å². The molecule has 1 saturated heterocycles. The van der Waals surface area contributed by atoms with E-state index >= 15 is 0 Å².